The Morgan fingerprint density at radius 3 is 0.741 bits per heavy atom. The second-order valence-electron chi connectivity index (χ2n) is 19.9. The molecule has 9 rings (SSSR count). The fourth-order valence-electron chi connectivity index (χ4n) is 8.64. The van der Waals surface area contributed by atoms with E-state index in [0.29, 0.717) is 6.04 Å². The highest BCUT2D eigenvalue weighted by atomic mass is 15.0. The number of nitrogens with zero attached hydrogens (tertiary/aromatic N) is 2. The Morgan fingerprint density at radius 1 is 0.287 bits per heavy atom. The molecule has 1 heterocycles. The van der Waals surface area contributed by atoms with Gasteiger partial charge in [-0.3, -0.25) is 9.98 Å². The predicted molar refractivity (Wildman–Crippen MR) is 443 cm³/mol. The minimum absolute atomic E-state index is 0.205. The van der Waals surface area contributed by atoms with E-state index in [9.17, 15) is 0 Å². The molecule has 0 amide bonds. The summed E-state index contributed by atoms with van der Waals surface area (Å²) in [5.74, 6) is 146. The second kappa shape index (κ2) is 55.1. The van der Waals surface area contributed by atoms with E-state index >= 15 is 0 Å². The average molecular weight is 1350 g/mol. The molecule has 486 valence electrons. The molecule has 0 saturated carbocycles. The Bertz CT molecular complexity index is 6190. The highest BCUT2D eigenvalue weighted by Crippen LogP contribution is 2.39. The highest BCUT2D eigenvalue weighted by molar-refractivity contribution is 6.13. The topological polar surface area (TPSA) is 24.7 Å². The standard InChI is InChI=1S/C60H6.C16H17N.C14H11N.C14H12.C2H6/c1-3-5-7-9-11-13-15-17-19-21-23-25-27-29-31-33-35-37-39-41-43-45-47-49-51-53-55-57-59-60-58-56-54-52-50-48-46-44-42-40-38-36-34-32-30-28-26-24-22-20-18-16-14-12-10-8-6-4-2;1-13(15-9-5-3-6-10-15)17-14(2)16-11-7-4-8-12-16;1-3-7-11(8-4-1)13-14(15-13)12-9-5-2-6-10-12;1-2-10-7-8-12-4-3-11-6-5-9(1)13(10)14(11)12;1-2/h1-2H3;3-13H,1-2H3;1-10,13H;5-8H,1-4H2;1-2H3. The van der Waals surface area contributed by atoms with E-state index in [0.717, 1.165) is 5.71 Å². The summed E-state index contributed by atoms with van der Waals surface area (Å²) in [7, 11) is 0. The van der Waals surface area contributed by atoms with Crippen LogP contribution in [-0.4, -0.2) is 11.4 Å². The molecular weight excluding hydrogens is 1300 g/mol. The average Bonchev–Trinajstić information content (AvgIpc) is 1.60. The fourth-order valence-corrected chi connectivity index (χ4v) is 8.64. The van der Waals surface area contributed by atoms with Gasteiger partial charge in [0.15, 0.2) is 0 Å². The van der Waals surface area contributed by atoms with Gasteiger partial charge in [0.05, 0.1) is 11.8 Å². The molecule has 0 spiro atoms. The summed E-state index contributed by atoms with van der Waals surface area (Å²) in [6.07, 6.45) is 5.04. The molecular formula is C106H52N2. The third kappa shape index (κ3) is 35.6. The molecule has 0 saturated heterocycles. The Labute approximate surface area is 640 Å². The molecule has 0 N–H and O–H groups in total. The largest absolute Gasteiger partial charge is 0.282 e. The van der Waals surface area contributed by atoms with Crippen LogP contribution in [-0.2, 0) is 25.7 Å². The first-order valence-corrected chi connectivity index (χ1v) is 32.8. The maximum Gasteiger partial charge on any atom is 0.118 e. The smallest absolute Gasteiger partial charge is 0.118 e. The van der Waals surface area contributed by atoms with Gasteiger partial charge >= 0.3 is 0 Å². The lowest BCUT2D eigenvalue weighted by molar-refractivity contribution is 0.819. The first-order valence-electron chi connectivity index (χ1n) is 32.8. The van der Waals surface area contributed by atoms with Crippen LogP contribution >= 0.6 is 0 Å². The third-order valence-corrected chi connectivity index (χ3v) is 13.0. The molecule has 2 atom stereocenters. The highest BCUT2D eigenvalue weighted by Gasteiger charge is 2.30. The van der Waals surface area contributed by atoms with E-state index in [2.05, 4.69) is 471 Å². The first-order chi connectivity index (χ1) is 53.6. The molecule has 2 nitrogen and oxygen atoms in total. The number of aliphatic imine (C=N–C) groups is 2. The van der Waals surface area contributed by atoms with Gasteiger partial charge in [-0.25, -0.2) is 0 Å². The molecule has 6 aromatic rings. The monoisotopic (exact) mass is 1350 g/mol. The summed E-state index contributed by atoms with van der Waals surface area (Å²) in [5.41, 5.74) is 13.6. The number of benzene rings is 6. The van der Waals surface area contributed by atoms with E-state index in [1.54, 1.807) is 46.9 Å². The van der Waals surface area contributed by atoms with Crippen LogP contribution in [0.4, 0.5) is 0 Å². The summed E-state index contributed by atoms with van der Waals surface area (Å²) in [4.78, 5) is 9.25. The lowest BCUT2D eigenvalue weighted by Gasteiger charge is -2.09. The SMILES string of the molecule is CC.CC#CC#CC#CC#CC#CC#CC#CC#CC#CC#CC#CC#CC#CC#CC#CC#CC#CC#CC#CC#CC#CC#CC#CC#CC#CC#CC#CC#CC#CC.CC(=NC(C)c1ccccc1)c1ccccc1.c1cc2c3c(ccc4c3c1CC4)CC2.c1ccc(C2=NC2c2ccccc2)cc1. The Morgan fingerprint density at radius 2 is 0.500 bits per heavy atom. The lowest BCUT2D eigenvalue weighted by Crippen LogP contribution is -1.98. The van der Waals surface area contributed by atoms with Crippen LogP contribution < -0.4 is 0 Å². The molecule has 1 aliphatic heterocycles. The summed E-state index contributed by atoms with van der Waals surface area (Å²) in [5, 5.41) is 3.22. The van der Waals surface area contributed by atoms with Gasteiger partial charge in [-0.15, -0.1) is 0 Å². The minimum Gasteiger partial charge on any atom is -0.282 e. The summed E-state index contributed by atoms with van der Waals surface area (Å²) in [6, 6.07) is 51.4. The Hall–Kier alpha value is -17.8. The molecule has 0 fully saturated rings. The zero-order valence-electron chi connectivity index (χ0n) is 59.7. The van der Waals surface area contributed by atoms with Crippen molar-refractivity contribution >= 4 is 22.2 Å². The van der Waals surface area contributed by atoms with Crippen molar-refractivity contribution < 1.29 is 0 Å². The quantitative estimate of drug-likeness (QED) is 0.121. The van der Waals surface area contributed by atoms with Crippen LogP contribution in [0.2, 0.25) is 0 Å². The molecule has 108 heavy (non-hydrogen) atoms. The molecule has 3 aliphatic rings. The van der Waals surface area contributed by atoms with Gasteiger partial charge in [0.1, 0.15) is 6.04 Å². The van der Waals surface area contributed by atoms with Crippen molar-refractivity contribution in [2.24, 2.45) is 9.98 Å². The van der Waals surface area contributed by atoms with Crippen LogP contribution in [0.1, 0.15) is 98.1 Å². The van der Waals surface area contributed by atoms with E-state index in [-0.39, 0.29) is 6.04 Å². The van der Waals surface area contributed by atoms with Crippen molar-refractivity contribution in [3.05, 3.63) is 190 Å². The van der Waals surface area contributed by atoms with Crippen molar-refractivity contribution in [1.29, 1.82) is 0 Å². The van der Waals surface area contributed by atoms with Gasteiger partial charge in [0.25, 0.3) is 0 Å². The van der Waals surface area contributed by atoms with Crippen molar-refractivity contribution in [3.63, 3.8) is 0 Å². The molecule has 2 unspecified atom stereocenters. The van der Waals surface area contributed by atoms with Crippen molar-refractivity contribution in [3.8, 4) is 343 Å². The summed E-state index contributed by atoms with van der Waals surface area (Å²) in [6.45, 7) is 11.6. The van der Waals surface area contributed by atoms with E-state index < -0.39 is 0 Å². The van der Waals surface area contributed by atoms with Gasteiger partial charge in [0, 0.05) is 243 Å². The fraction of sp³-hybridized carbons (Fsp3) is 0.113. The lowest BCUT2D eigenvalue weighted by atomic mass is 10.0. The normalized spacial score (nSPS) is 9.11. The summed E-state index contributed by atoms with van der Waals surface area (Å²) >= 11 is 0. The van der Waals surface area contributed by atoms with Crippen LogP contribution in [0, 0.1) is 343 Å². The number of aryl methyl sites for hydroxylation is 4. The zero-order chi connectivity index (χ0) is 76.3. The molecule has 2 aliphatic carbocycles. The minimum atomic E-state index is 0.205. The maximum absolute atomic E-state index is 4.73. The molecule has 0 aromatic heterocycles. The molecule has 6 aromatic carbocycles. The first kappa shape index (κ1) is 80.8. The number of rotatable bonds is 5. The molecule has 0 bridgehead atoms. The Kier molecular flexibility index (Phi) is 41.2. The van der Waals surface area contributed by atoms with E-state index in [1.807, 2.05) is 50.2 Å². The third-order valence-electron chi connectivity index (χ3n) is 13.0. The van der Waals surface area contributed by atoms with Crippen molar-refractivity contribution in [1.82, 2.24) is 0 Å². The van der Waals surface area contributed by atoms with Gasteiger partial charge in [-0.1, -0.05) is 171 Å². The maximum atomic E-state index is 4.73. The van der Waals surface area contributed by atoms with Crippen LogP contribution in [0.15, 0.2) is 156 Å². The van der Waals surface area contributed by atoms with Crippen molar-refractivity contribution in [2.45, 2.75) is 79.3 Å². The van der Waals surface area contributed by atoms with E-state index in [1.165, 1.54) is 53.6 Å². The van der Waals surface area contributed by atoms with Crippen LogP contribution in [0.3, 0.4) is 0 Å². The number of hydrogen-bond donors (Lipinski definition) is 0. The van der Waals surface area contributed by atoms with Crippen LogP contribution in [0.5, 0.6) is 0 Å². The Balaban J connectivity index is 0.000000336. The van der Waals surface area contributed by atoms with E-state index in [4.69, 9.17) is 4.99 Å². The van der Waals surface area contributed by atoms with Gasteiger partial charge in [0.2, 0.25) is 0 Å². The van der Waals surface area contributed by atoms with Gasteiger partial charge < -0.3 is 0 Å². The zero-order valence-corrected chi connectivity index (χ0v) is 59.7. The molecule has 0 radical (unpaired) electrons. The van der Waals surface area contributed by atoms with Gasteiger partial charge in [-0.2, -0.15) is 0 Å². The van der Waals surface area contributed by atoms with Crippen molar-refractivity contribution in [2.75, 3.05) is 0 Å². The molecule has 2 heteroatoms. The van der Waals surface area contributed by atoms with Gasteiger partial charge in [-0.05, 0) is 203 Å². The van der Waals surface area contributed by atoms with Crippen LogP contribution in [0.25, 0.3) is 10.8 Å². The number of hydrogen-bond acceptors (Lipinski definition) is 2. The second-order valence-corrected chi connectivity index (χ2v) is 19.9. The summed E-state index contributed by atoms with van der Waals surface area (Å²) < 4.78 is 0. The predicted octanol–water partition coefficient (Wildman–Crippen LogP) is 12.7.